The number of carbonyl (C=O) groups is 1. The number of aryl methyl sites for hydroxylation is 1. The summed E-state index contributed by atoms with van der Waals surface area (Å²) in [6.45, 7) is 3.87. The first-order chi connectivity index (χ1) is 14.7. The summed E-state index contributed by atoms with van der Waals surface area (Å²) >= 11 is 0. The Labute approximate surface area is 175 Å². The summed E-state index contributed by atoms with van der Waals surface area (Å²) in [6, 6.07) is 16.0. The molecule has 152 valence electrons. The molecule has 0 unspecified atom stereocenters. The monoisotopic (exact) mass is 400 g/mol. The second-order valence-corrected chi connectivity index (χ2v) is 7.66. The molecule has 1 aliphatic heterocycles. The third-order valence-corrected chi connectivity index (χ3v) is 5.68. The predicted octanol–water partition coefficient (Wildman–Crippen LogP) is 2.69. The van der Waals surface area contributed by atoms with E-state index in [0.29, 0.717) is 18.7 Å². The summed E-state index contributed by atoms with van der Waals surface area (Å²) in [7, 11) is 1.88. The van der Waals surface area contributed by atoms with Crippen LogP contribution in [0.15, 0.2) is 67.1 Å². The van der Waals surface area contributed by atoms with Crippen LogP contribution in [0.2, 0.25) is 0 Å². The molecule has 0 atom stereocenters. The Kier molecular flexibility index (Phi) is 4.80. The van der Waals surface area contributed by atoms with Crippen molar-refractivity contribution in [1.29, 1.82) is 0 Å². The maximum absolute atomic E-state index is 13.2. The van der Waals surface area contributed by atoms with Gasteiger partial charge in [0.05, 0.1) is 23.1 Å². The highest BCUT2D eigenvalue weighted by molar-refractivity contribution is 6.00. The first-order valence-corrected chi connectivity index (χ1v) is 10.2. The molecule has 0 aliphatic carbocycles. The topological polar surface area (TPSA) is 58.7 Å². The Morgan fingerprint density at radius 1 is 1.00 bits per heavy atom. The molecule has 5 rings (SSSR count). The lowest BCUT2D eigenvalue weighted by Crippen LogP contribution is -2.48. The van der Waals surface area contributed by atoms with Gasteiger partial charge in [-0.3, -0.25) is 14.4 Å². The average Bonchev–Trinajstić information content (AvgIpc) is 3.37. The van der Waals surface area contributed by atoms with Crippen molar-refractivity contribution in [3.8, 4) is 11.3 Å². The van der Waals surface area contributed by atoms with Gasteiger partial charge in [-0.25, -0.2) is 4.98 Å². The molecule has 7 nitrogen and oxygen atoms in total. The Bertz CT molecular complexity index is 1140. The van der Waals surface area contributed by atoms with Crippen LogP contribution in [0.1, 0.15) is 16.1 Å². The van der Waals surface area contributed by atoms with Crippen molar-refractivity contribution in [3.05, 3.63) is 78.4 Å². The summed E-state index contributed by atoms with van der Waals surface area (Å²) in [6.07, 6.45) is 5.78. The quantitative estimate of drug-likeness (QED) is 0.529. The van der Waals surface area contributed by atoms with Crippen LogP contribution in [-0.4, -0.2) is 61.1 Å². The lowest BCUT2D eigenvalue weighted by molar-refractivity contribution is 0.0628. The number of hydrogen-bond donors (Lipinski definition) is 0. The molecular weight excluding hydrogens is 376 g/mol. The van der Waals surface area contributed by atoms with E-state index in [9.17, 15) is 4.79 Å². The average molecular weight is 400 g/mol. The number of hydrogen-bond acceptors (Lipinski definition) is 4. The van der Waals surface area contributed by atoms with Crippen molar-refractivity contribution in [2.24, 2.45) is 7.05 Å². The molecule has 0 spiro atoms. The lowest BCUT2D eigenvalue weighted by atomic mass is 10.1. The molecule has 4 heterocycles. The van der Waals surface area contributed by atoms with E-state index in [1.165, 1.54) is 0 Å². The van der Waals surface area contributed by atoms with Gasteiger partial charge in [0.2, 0.25) is 0 Å². The van der Waals surface area contributed by atoms with Gasteiger partial charge in [-0.1, -0.05) is 36.4 Å². The van der Waals surface area contributed by atoms with Gasteiger partial charge in [-0.15, -0.1) is 0 Å². The van der Waals surface area contributed by atoms with Crippen molar-refractivity contribution in [1.82, 2.24) is 29.0 Å². The van der Waals surface area contributed by atoms with Crippen LogP contribution in [0.25, 0.3) is 16.9 Å². The van der Waals surface area contributed by atoms with E-state index in [2.05, 4.69) is 21.2 Å². The first-order valence-electron chi connectivity index (χ1n) is 10.2. The number of pyridine rings is 1. The molecule has 0 N–H and O–H groups in total. The molecule has 0 bridgehead atoms. The highest BCUT2D eigenvalue weighted by Crippen LogP contribution is 2.24. The highest BCUT2D eigenvalue weighted by Gasteiger charge is 2.26. The molecule has 1 aromatic carbocycles. The standard InChI is InChI=1S/C23H24N6O/c1-26-22(18-7-3-2-4-8-18)20(15-24-26)23(30)28-13-11-27(12-14-28)16-19-17-29-10-6-5-9-21(29)25-19/h2-10,15,17H,11-14,16H2,1H3. The van der Waals surface area contributed by atoms with Crippen molar-refractivity contribution in [3.63, 3.8) is 0 Å². The van der Waals surface area contributed by atoms with E-state index in [1.54, 1.807) is 10.9 Å². The van der Waals surface area contributed by atoms with Crippen molar-refractivity contribution in [2.75, 3.05) is 26.2 Å². The Hall–Kier alpha value is -3.45. The maximum Gasteiger partial charge on any atom is 0.257 e. The van der Waals surface area contributed by atoms with E-state index in [1.807, 2.05) is 71.1 Å². The fourth-order valence-corrected chi connectivity index (χ4v) is 4.10. The number of aromatic nitrogens is 4. The van der Waals surface area contributed by atoms with Crippen molar-refractivity contribution in [2.45, 2.75) is 6.54 Å². The Balaban J connectivity index is 1.26. The van der Waals surface area contributed by atoms with Gasteiger partial charge in [0, 0.05) is 57.7 Å². The number of carbonyl (C=O) groups excluding carboxylic acids is 1. The molecule has 3 aromatic heterocycles. The Morgan fingerprint density at radius 3 is 2.53 bits per heavy atom. The zero-order chi connectivity index (χ0) is 20.5. The summed E-state index contributed by atoms with van der Waals surface area (Å²) in [5.74, 6) is 0.0503. The molecule has 30 heavy (non-hydrogen) atoms. The fourth-order valence-electron chi connectivity index (χ4n) is 4.10. The summed E-state index contributed by atoms with van der Waals surface area (Å²) in [5.41, 5.74) is 4.56. The molecule has 1 aliphatic rings. The minimum absolute atomic E-state index is 0.0503. The third-order valence-electron chi connectivity index (χ3n) is 5.68. The van der Waals surface area contributed by atoms with Gasteiger partial charge in [0.1, 0.15) is 5.65 Å². The maximum atomic E-state index is 13.2. The van der Waals surface area contributed by atoms with Gasteiger partial charge in [-0.2, -0.15) is 5.10 Å². The van der Waals surface area contributed by atoms with Gasteiger partial charge in [-0.05, 0) is 12.1 Å². The fraction of sp³-hybridized carbons (Fsp3) is 0.261. The number of piperazine rings is 1. The molecule has 0 saturated carbocycles. The molecule has 1 fully saturated rings. The Morgan fingerprint density at radius 2 is 1.77 bits per heavy atom. The van der Waals surface area contributed by atoms with E-state index in [-0.39, 0.29) is 5.91 Å². The van der Waals surface area contributed by atoms with Gasteiger partial charge >= 0.3 is 0 Å². The number of rotatable bonds is 4. The number of fused-ring (bicyclic) bond motifs is 1. The molecule has 1 amide bonds. The summed E-state index contributed by atoms with van der Waals surface area (Å²) in [5, 5.41) is 4.35. The van der Waals surface area contributed by atoms with Gasteiger partial charge in [0.15, 0.2) is 0 Å². The number of imidazole rings is 1. The minimum Gasteiger partial charge on any atom is -0.336 e. The normalized spacial score (nSPS) is 15.0. The van der Waals surface area contributed by atoms with Crippen LogP contribution in [0.4, 0.5) is 0 Å². The lowest BCUT2D eigenvalue weighted by Gasteiger charge is -2.34. The third kappa shape index (κ3) is 3.48. The smallest absolute Gasteiger partial charge is 0.257 e. The van der Waals surface area contributed by atoms with E-state index in [0.717, 1.165) is 42.2 Å². The predicted molar refractivity (Wildman–Crippen MR) is 115 cm³/mol. The van der Waals surface area contributed by atoms with Crippen LogP contribution in [0.5, 0.6) is 0 Å². The largest absolute Gasteiger partial charge is 0.336 e. The van der Waals surface area contributed by atoms with E-state index < -0.39 is 0 Å². The number of amides is 1. The van der Waals surface area contributed by atoms with Gasteiger partial charge < -0.3 is 9.30 Å². The second kappa shape index (κ2) is 7.76. The highest BCUT2D eigenvalue weighted by atomic mass is 16.2. The second-order valence-electron chi connectivity index (χ2n) is 7.66. The van der Waals surface area contributed by atoms with Crippen LogP contribution in [-0.2, 0) is 13.6 Å². The van der Waals surface area contributed by atoms with Crippen LogP contribution < -0.4 is 0 Å². The van der Waals surface area contributed by atoms with Gasteiger partial charge in [0.25, 0.3) is 5.91 Å². The molecule has 7 heteroatoms. The molecule has 0 radical (unpaired) electrons. The first kappa shape index (κ1) is 18.6. The van der Waals surface area contributed by atoms with Crippen molar-refractivity contribution >= 4 is 11.6 Å². The van der Waals surface area contributed by atoms with Crippen LogP contribution >= 0.6 is 0 Å². The molecule has 4 aromatic rings. The van der Waals surface area contributed by atoms with E-state index >= 15 is 0 Å². The number of benzene rings is 1. The molecule has 1 saturated heterocycles. The van der Waals surface area contributed by atoms with Crippen LogP contribution in [0.3, 0.4) is 0 Å². The zero-order valence-electron chi connectivity index (χ0n) is 17.0. The summed E-state index contributed by atoms with van der Waals surface area (Å²) in [4.78, 5) is 22.2. The minimum atomic E-state index is 0.0503. The summed E-state index contributed by atoms with van der Waals surface area (Å²) < 4.78 is 3.82. The van der Waals surface area contributed by atoms with E-state index in [4.69, 9.17) is 0 Å². The molecular formula is C23H24N6O. The van der Waals surface area contributed by atoms with Crippen molar-refractivity contribution < 1.29 is 4.79 Å². The zero-order valence-corrected chi connectivity index (χ0v) is 17.0. The van der Waals surface area contributed by atoms with Crippen LogP contribution in [0, 0.1) is 0 Å². The SMILES string of the molecule is Cn1ncc(C(=O)N2CCN(Cc3cn4ccccc4n3)CC2)c1-c1ccccc1. The number of nitrogens with zero attached hydrogens (tertiary/aromatic N) is 6.